The summed E-state index contributed by atoms with van der Waals surface area (Å²) in [5.41, 5.74) is -0.301. The number of carboxylic acids is 1. The number of carbonyl (C=O) groups excluding carboxylic acids is 1. The van der Waals surface area contributed by atoms with Crippen LogP contribution in [0.4, 0.5) is 17.3 Å². The van der Waals surface area contributed by atoms with Crippen LogP contribution in [0.15, 0.2) is 39.4 Å². The number of phenolic OH excluding ortho intramolecular Hbond substituents is 1. The van der Waals surface area contributed by atoms with Crippen molar-refractivity contribution in [2.45, 2.75) is 11.8 Å². The molecule has 150 valence electrons. The fourth-order valence-electron chi connectivity index (χ4n) is 2.40. The van der Waals surface area contributed by atoms with E-state index in [2.05, 4.69) is 30.7 Å². The van der Waals surface area contributed by atoms with E-state index >= 15 is 0 Å². The van der Waals surface area contributed by atoms with E-state index in [1.807, 2.05) is 0 Å². The fourth-order valence-corrected chi connectivity index (χ4v) is 3.06. The summed E-state index contributed by atoms with van der Waals surface area (Å²) in [6, 6.07) is 5.31. The highest BCUT2D eigenvalue weighted by Crippen LogP contribution is 2.41. The zero-order valence-electron chi connectivity index (χ0n) is 14.5. The lowest BCUT2D eigenvalue weighted by atomic mass is 10.1. The molecule has 0 aliphatic rings. The number of azo groups is 1. The van der Waals surface area contributed by atoms with Crippen LogP contribution in [0.1, 0.15) is 17.5 Å². The van der Waals surface area contributed by atoms with Crippen LogP contribution in [0, 0.1) is 0 Å². The molecule has 13 nitrogen and oxygen atoms in total. The average Bonchev–Trinajstić information content (AvgIpc) is 3.09. The first-order valence-electron chi connectivity index (χ1n) is 7.68. The smallest absolute Gasteiger partial charge is 0.373 e. The second-order valence-electron chi connectivity index (χ2n) is 5.65. The summed E-state index contributed by atoms with van der Waals surface area (Å²) >= 11 is 0. The second-order valence-corrected chi connectivity index (χ2v) is 7.04. The van der Waals surface area contributed by atoms with Crippen molar-refractivity contribution in [3.63, 3.8) is 0 Å². The number of carbonyl (C=O) groups is 2. The summed E-state index contributed by atoms with van der Waals surface area (Å²) in [6.07, 6.45) is 0. The van der Waals surface area contributed by atoms with Crippen molar-refractivity contribution < 1.29 is 32.8 Å². The number of nitrogens with zero attached hydrogens (tertiary/aromatic N) is 4. The van der Waals surface area contributed by atoms with Gasteiger partial charge in [-0.3, -0.25) is 14.4 Å². The van der Waals surface area contributed by atoms with Gasteiger partial charge in [0.25, 0.3) is 16.1 Å². The first-order valence-corrected chi connectivity index (χ1v) is 9.12. The molecule has 0 aliphatic heterocycles. The molecule has 2 aromatic carbocycles. The Labute approximate surface area is 161 Å². The van der Waals surface area contributed by atoms with Crippen molar-refractivity contribution in [2.75, 3.05) is 5.32 Å². The Balaban J connectivity index is 2.18. The Kier molecular flexibility index (Phi) is 4.96. The Morgan fingerprint density at radius 1 is 1.21 bits per heavy atom. The fraction of sp³-hybridized carbons (Fsp3) is 0.0667. The molecule has 1 heterocycles. The van der Waals surface area contributed by atoms with Crippen LogP contribution in [0.25, 0.3) is 10.8 Å². The third-order valence-corrected chi connectivity index (χ3v) is 4.43. The van der Waals surface area contributed by atoms with Crippen LogP contribution in [0.2, 0.25) is 0 Å². The van der Waals surface area contributed by atoms with E-state index in [-0.39, 0.29) is 16.7 Å². The van der Waals surface area contributed by atoms with Gasteiger partial charge in [-0.2, -0.15) is 13.4 Å². The van der Waals surface area contributed by atoms with Crippen molar-refractivity contribution in [2.24, 2.45) is 10.2 Å². The third kappa shape index (κ3) is 4.17. The average molecular weight is 420 g/mol. The summed E-state index contributed by atoms with van der Waals surface area (Å²) in [6.45, 7) is 1.29. The number of aromatic amines is 1. The van der Waals surface area contributed by atoms with E-state index in [0.29, 0.717) is 5.69 Å². The number of phenols is 1. The molecule has 0 saturated carbocycles. The molecule has 29 heavy (non-hydrogen) atoms. The highest BCUT2D eigenvalue weighted by Gasteiger charge is 2.22. The number of rotatable bonds is 5. The highest BCUT2D eigenvalue weighted by molar-refractivity contribution is 7.86. The van der Waals surface area contributed by atoms with Gasteiger partial charge in [-0.05, 0) is 23.6 Å². The summed E-state index contributed by atoms with van der Waals surface area (Å²) in [5, 5.41) is 34.8. The molecule has 0 fully saturated rings. The van der Waals surface area contributed by atoms with Gasteiger partial charge < -0.3 is 15.5 Å². The minimum atomic E-state index is -4.82. The van der Waals surface area contributed by atoms with Gasteiger partial charge in [0.15, 0.2) is 5.75 Å². The van der Waals surface area contributed by atoms with Crippen LogP contribution in [-0.4, -0.2) is 50.2 Å². The number of benzene rings is 2. The standard InChI is InChI=1S/C15H12N6O7S/c1-6(22)16-8-3-2-7-4-10(29(26,27)28)11(12(23)9(7)5-8)18-20-15-17-13(14(24)25)19-21-15/h2-5,23H,1H3,(H,16,22)(H,24,25)(H,17,19,21)(H,26,27,28). The number of H-pyrrole nitrogens is 1. The van der Waals surface area contributed by atoms with Gasteiger partial charge in [-0.25, -0.2) is 4.79 Å². The van der Waals surface area contributed by atoms with E-state index in [9.17, 15) is 27.7 Å². The quantitative estimate of drug-likeness (QED) is 0.301. The Bertz CT molecular complexity index is 1280. The molecule has 0 unspecified atom stereocenters. The van der Waals surface area contributed by atoms with Gasteiger partial charge in [-0.1, -0.05) is 6.07 Å². The molecule has 14 heteroatoms. The molecular formula is C15H12N6O7S. The van der Waals surface area contributed by atoms with Crippen LogP contribution in [-0.2, 0) is 14.9 Å². The number of aromatic hydroxyl groups is 1. The van der Waals surface area contributed by atoms with Crippen molar-refractivity contribution in [1.82, 2.24) is 15.2 Å². The minimum Gasteiger partial charge on any atom is -0.505 e. The first-order chi connectivity index (χ1) is 13.6. The van der Waals surface area contributed by atoms with E-state index in [0.717, 1.165) is 6.07 Å². The molecule has 0 radical (unpaired) electrons. The van der Waals surface area contributed by atoms with Crippen molar-refractivity contribution >= 4 is 50.1 Å². The number of fused-ring (bicyclic) bond motifs is 1. The largest absolute Gasteiger partial charge is 0.505 e. The summed E-state index contributed by atoms with van der Waals surface area (Å²) in [5.74, 6) is -3.40. The third-order valence-electron chi connectivity index (χ3n) is 3.57. The number of anilines is 1. The number of nitrogens with one attached hydrogen (secondary N) is 2. The lowest BCUT2D eigenvalue weighted by Crippen LogP contribution is -2.05. The van der Waals surface area contributed by atoms with Gasteiger partial charge in [0, 0.05) is 18.0 Å². The predicted molar refractivity (Wildman–Crippen MR) is 97.2 cm³/mol. The van der Waals surface area contributed by atoms with Gasteiger partial charge in [0.05, 0.1) is 0 Å². The maximum absolute atomic E-state index is 11.7. The Morgan fingerprint density at radius 2 is 1.93 bits per heavy atom. The molecule has 5 N–H and O–H groups in total. The van der Waals surface area contributed by atoms with E-state index in [1.54, 1.807) is 0 Å². The molecule has 1 amide bonds. The first kappa shape index (κ1) is 19.8. The van der Waals surface area contributed by atoms with Crippen LogP contribution in [0.3, 0.4) is 0 Å². The normalized spacial score (nSPS) is 11.8. The van der Waals surface area contributed by atoms with Crippen LogP contribution in [0.5, 0.6) is 5.75 Å². The van der Waals surface area contributed by atoms with Crippen molar-refractivity contribution in [3.8, 4) is 5.75 Å². The van der Waals surface area contributed by atoms with E-state index in [4.69, 9.17) is 5.11 Å². The SMILES string of the molecule is CC(=O)Nc1ccc2cc(S(=O)(=O)O)c(N=Nc3n[nH]c(C(=O)O)n3)c(O)c2c1. The van der Waals surface area contributed by atoms with Gasteiger partial charge >= 0.3 is 5.97 Å². The predicted octanol–water partition coefficient (Wildman–Crippen LogP) is 1.98. The van der Waals surface area contributed by atoms with Crippen molar-refractivity contribution in [3.05, 3.63) is 30.1 Å². The Hall–Kier alpha value is -3.91. The lowest BCUT2D eigenvalue weighted by molar-refractivity contribution is -0.114. The molecule has 0 saturated heterocycles. The van der Waals surface area contributed by atoms with Gasteiger partial charge in [0.2, 0.25) is 11.7 Å². The Morgan fingerprint density at radius 3 is 2.52 bits per heavy atom. The van der Waals surface area contributed by atoms with Gasteiger partial charge in [0.1, 0.15) is 10.6 Å². The van der Waals surface area contributed by atoms with Crippen molar-refractivity contribution in [1.29, 1.82) is 0 Å². The molecule has 0 spiro atoms. The molecule has 3 rings (SSSR count). The maximum atomic E-state index is 11.7. The summed E-state index contributed by atoms with van der Waals surface area (Å²) < 4.78 is 33.0. The number of hydrogen-bond donors (Lipinski definition) is 5. The zero-order chi connectivity index (χ0) is 21.3. The lowest BCUT2D eigenvalue weighted by Gasteiger charge is -2.10. The molecule has 0 bridgehead atoms. The minimum absolute atomic E-state index is 0.110. The maximum Gasteiger partial charge on any atom is 0.373 e. The zero-order valence-corrected chi connectivity index (χ0v) is 15.3. The van der Waals surface area contributed by atoms with Crippen LogP contribution < -0.4 is 5.32 Å². The van der Waals surface area contributed by atoms with Gasteiger partial charge in [-0.15, -0.1) is 15.3 Å². The second kappa shape index (κ2) is 7.25. The van der Waals surface area contributed by atoms with E-state index in [1.165, 1.54) is 25.1 Å². The highest BCUT2D eigenvalue weighted by atomic mass is 32.2. The number of carboxylic acid groups (broad SMARTS) is 1. The summed E-state index contributed by atoms with van der Waals surface area (Å²) in [4.78, 5) is 24.8. The molecular weight excluding hydrogens is 408 g/mol. The molecule has 1 aromatic heterocycles. The van der Waals surface area contributed by atoms with E-state index < -0.39 is 44.2 Å². The number of aromatic nitrogens is 3. The topological polar surface area (TPSA) is 207 Å². The number of hydrogen-bond acceptors (Lipinski definition) is 9. The summed E-state index contributed by atoms with van der Waals surface area (Å²) in [7, 11) is -4.82. The number of amides is 1. The molecule has 0 atom stereocenters. The number of aromatic carboxylic acids is 1. The molecule has 3 aromatic rings. The molecule has 0 aliphatic carbocycles. The monoisotopic (exact) mass is 420 g/mol. The van der Waals surface area contributed by atoms with Crippen LogP contribution >= 0.6 is 0 Å².